The molecule has 35 heavy (non-hydrogen) atoms. The van der Waals surface area contributed by atoms with E-state index >= 15 is 0 Å². The maximum atomic E-state index is 14.7. The molecule has 3 N–H and O–H groups in total. The summed E-state index contributed by atoms with van der Waals surface area (Å²) < 4.78 is 34.4. The fraction of sp³-hybridized carbons (Fsp3) is 0.269. The number of nitrogens with one attached hydrogen (secondary N) is 1. The van der Waals surface area contributed by atoms with Gasteiger partial charge in [0.15, 0.2) is 11.6 Å². The van der Waals surface area contributed by atoms with Crippen LogP contribution in [0.1, 0.15) is 34.3 Å². The molecule has 1 aromatic heterocycles. The fourth-order valence-corrected chi connectivity index (χ4v) is 4.73. The van der Waals surface area contributed by atoms with E-state index < -0.39 is 11.6 Å². The van der Waals surface area contributed by atoms with E-state index in [1.807, 2.05) is 11.0 Å². The summed E-state index contributed by atoms with van der Waals surface area (Å²) in [6.45, 7) is 1.49. The molecule has 3 aromatic rings. The minimum atomic E-state index is -0.682. The first-order valence-electron chi connectivity index (χ1n) is 11.3. The third-order valence-corrected chi connectivity index (χ3v) is 6.58. The first kappa shape index (κ1) is 22.7. The maximum absolute atomic E-state index is 14.7. The van der Waals surface area contributed by atoms with E-state index in [1.54, 1.807) is 12.1 Å². The highest BCUT2D eigenvalue weighted by molar-refractivity contribution is 6.06. The molecular formula is C26H23F2N5O2. The molecule has 0 spiro atoms. The highest BCUT2D eigenvalue weighted by Gasteiger charge is 2.33. The second-order valence-electron chi connectivity index (χ2n) is 8.68. The number of rotatable bonds is 4. The zero-order valence-corrected chi connectivity index (χ0v) is 19.1. The van der Waals surface area contributed by atoms with Gasteiger partial charge in [0.1, 0.15) is 17.7 Å². The molecule has 0 bridgehead atoms. The molecule has 1 amide bonds. The van der Waals surface area contributed by atoms with Crippen LogP contribution < -0.4 is 20.7 Å². The Hall–Kier alpha value is -4.03. The lowest BCUT2D eigenvalue weighted by atomic mass is 9.91. The van der Waals surface area contributed by atoms with Crippen LogP contribution in [0, 0.1) is 23.0 Å². The van der Waals surface area contributed by atoms with Gasteiger partial charge >= 0.3 is 0 Å². The molecule has 1 saturated heterocycles. The van der Waals surface area contributed by atoms with Gasteiger partial charge in [-0.25, -0.2) is 13.8 Å². The molecule has 0 radical (unpaired) electrons. The number of nitrogens with two attached hydrogens (primary N) is 1. The molecule has 9 heteroatoms. The number of amides is 1. The zero-order chi connectivity index (χ0) is 24.7. The molecule has 2 aliphatic rings. The van der Waals surface area contributed by atoms with Gasteiger partial charge in [0, 0.05) is 36.8 Å². The smallest absolute Gasteiger partial charge is 0.255 e. The highest BCUT2D eigenvalue weighted by Crippen LogP contribution is 2.42. The number of fused-ring (bicyclic) bond motifs is 1. The Labute approximate surface area is 201 Å². The van der Waals surface area contributed by atoms with Gasteiger partial charge in [0.25, 0.3) is 5.91 Å². The SMILES string of the molecule is COc1ccc(-c2c(-c3ccc(C#N)c(F)c3)nc(N3CCC(N)CC3)c3c2CNC3=O)cc1F. The topological polar surface area (TPSA) is 104 Å². The summed E-state index contributed by atoms with van der Waals surface area (Å²) in [6.07, 6.45) is 1.51. The van der Waals surface area contributed by atoms with Crippen molar-refractivity contribution >= 4 is 11.7 Å². The van der Waals surface area contributed by atoms with Gasteiger partial charge in [-0.3, -0.25) is 4.79 Å². The van der Waals surface area contributed by atoms with Gasteiger partial charge < -0.3 is 20.7 Å². The summed E-state index contributed by atoms with van der Waals surface area (Å²) in [4.78, 5) is 19.8. The van der Waals surface area contributed by atoms with Crippen LogP contribution in [0.4, 0.5) is 14.6 Å². The Morgan fingerprint density at radius 3 is 2.49 bits per heavy atom. The normalized spacial score (nSPS) is 15.5. The number of ether oxygens (including phenoxy) is 1. The van der Waals surface area contributed by atoms with Crippen LogP contribution in [0.15, 0.2) is 36.4 Å². The molecule has 0 aliphatic carbocycles. The van der Waals surface area contributed by atoms with Crippen molar-refractivity contribution < 1.29 is 18.3 Å². The summed E-state index contributed by atoms with van der Waals surface area (Å²) in [5.74, 6) is -0.926. The summed E-state index contributed by atoms with van der Waals surface area (Å²) in [7, 11) is 1.38. The lowest BCUT2D eigenvalue weighted by molar-refractivity contribution is 0.0966. The van der Waals surface area contributed by atoms with E-state index in [1.165, 1.54) is 31.4 Å². The number of aromatic nitrogens is 1. The van der Waals surface area contributed by atoms with Crippen molar-refractivity contribution in [2.24, 2.45) is 5.73 Å². The number of benzene rings is 2. The van der Waals surface area contributed by atoms with Crippen molar-refractivity contribution in [3.8, 4) is 34.2 Å². The molecule has 2 aromatic carbocycles. The number of carbonyl (C=O) groups excluding carboxylic acids is 1. The minimum absolute atomic E-state index is 0.0831. The Kier molecular flexibility index (Phi) is 5.83. The summed E-state index contributed by atoms with van der Waals surface area (Å²) in [5, 5.41) is 12.0. The van der Waals surface area contributed by atoms with Crippen LogP contribution in [-0.4, -0.2) is 37.1 Å². The number of hydrogen-bond acceptors (Lipinski definition) is 6. The molecule has 0 unspecified atom stereocenters. The van der Waals surface area contributed by atoms with E-state index in [0.717, 1.165) is 12.8 Å². The number of pyridine rings is 1. The second-order valence-corrected chi connectivity index (χ2v) is 8.68. The lowest BCUT2D eigenvalue weighted by Crippen LogP contribution is -2.40. The Morgan fingerprint density at radius 1 is 1.11 bits per heavy atom. The molecule has 3 heterocycles. The van der Waals surface area contributed by atoms with Crippen LogP contribution in [0.5, 0.6) is 5.75 Å². The first-order chi connectivity index (χ1) is 16.9. The standard InChI is InChI=1S/C26H23F2N5O2/c1-35-21-5-4-14(10-20(21)28)22-18-13-31-26(34)23(18)25(33-8-6-17(30)7-9-33)32-24(22)15-2-3-16(12-29)19(27)11-15/h2-5,10-11,17H,6-9,13,30H2,1H3,(H,31,34). The average molecular weight is 475 g/mol. The van der Waals surface area contributed by atoms with Crippen LogP contribution in [-0.2, 0) is 6.54 Å². The molecule has 1 fully saturated rings. The molecular weight excluding hydrogens is 452 g/mol. The van der Waals surface area contributed by atoms with E-state index in [0.29, 0.717) is 52.4 Å². The van der Waals surface area contributed by atoms with E-state index in [-0.39, 0.29) is 29.8 Å². The summed E-state index contributed by atoms with van der Waals surface area (Å²) in [5.41, 5.74) is 8.92. The van der Waals surface area contributed by atoms with E-state index in [2.05, 4.69) is 5.32 Å². The molecule has 178 valence electrons. The van der Waals surface area contributed by atoms with Gasteiger partial charge in [0.05, 0.1) is 23.9 Å². The lowest BCUT2D eigenvalue weighted by Gasteiger charge is -2.32. The van der Waals surface area contributed by atoms with Crippen molar-refractivity contribution in [3.05, 3.63) is 64.7 Å². The van der Waals surface area contributed by atoms with Crippen LogP contribution in [0.25, 0.3) is 22.4 Å². The molecule has 5 rings (SSSR count). The Balaban J connectivity index is 1.78. The highest BCUT2D eigenvalue weighted by atomic mass is 19.1. The van der Waals surface area contributed by atoms with Gasteiger partial charge in [-0.1, -0.05) is 12.1 Å². The second kappa shape index (κ2) is 8.96. The van der Waals surface area contributed by atoms with E-state index in [9.17, 15) is 13.6 Å². The largest absolute Gasteiger partial charge is 0.494 e. The Bertz CT molecular complexity index is 1380. The summed E-state index contributed by atoms with van der Waals surface area (Å²) >= 11 is 0. The molecule has 2 aliphatic heterocycles. The molecule has 0 saturated carbocycles. The van der Waals surface area contributed by atoms with Crippen LogP contribution >= 0.6 is 0 Å². The average Bonchev–Trinajstić information content (AvgIpc) is 3.25. The third-order valence-electron chi connectivity index (χ3n) is 6.58. The van der Waals surface area contributed by atoms with Crippen molar-refractivity contribution in [1.29, 1.82) is 5.26 Å². The zero-order valence-electron chi connectivity index (χ0n) is 19.1. The Morgan fingerprint density at radius 2 is 1.83 bits per heavy atom. The molecule has 7 nitrogen and oxygen atoms in total. The number of piperidine rings is 1. The minimum Gasteiger partial charge on any atom is -0.494 e. The van der Waals surface area contributed by atoms with Crippen molar-refractivity contribution in [2.45, 2.75) is 25.4 Å². The number of nitrogens with zero attached hydrogens (tertiary/aromatic N) is 3. The third kappa shape index (κ3) is 3.96. The van der Waals surface area contributed by atoms with Crippen molar-refractivity contribution in [1.82, 2.24) is 10.3 Å². The number of hydrogen-bond donors (Lipinski definition) is 2. The summed E-state index contributed by atoms with van der Waals surface area (Å²) in [6, 6.07) is 10.7. The number of methoxy groups -OCH3 is 1. The monoisotopic (exact) mass is 475 g/mol. The van der Waals surface area contributed by atoms with Crippen LogP contribution in [0.2, 0.25) is 0 Å². The maximum Gasteiger partial charge on any atom is 0.255 e. The quantitative estimate of drug-likeness (QED) is 0.596. The number of carbonyl (C=O) groups is 1. The van der Waals surface area contributed by atoms with Crippen LogP contribution in [0.3, 0.4) is 0 Å². The predicted octanol–water partition coefficient (Wildman–Crippen LogP) is 3.74. The van der Waals surface area contributed by atoms with E-state index in [4.69, 9.17) is 20.7 Å². The van der Waals surface area contributed by atoms with Crippen molar-refractivity contribution in [3.63, 3.8) is 0 Å². The fourth-order valence-electron chi connectivity index (χ4n) is 4.73. The first-order valence-corrected chi connectivity index (χ1v) is 11.3. The number of anilines is 1. The molecule has 0 atom stereocenters. The predicted molar refractivity (Wildman–Crippen MR) is 127 cm³/mol. The van der Waals surface area contributed by atoms with Gasteiger partial charge in [-0.2, -0.15) is 5.26 Å². The number of halogens is 2. The van der Waals surface area contributed by atoms with Gasteiger partial charge in [-0.15, -0.1) is 0 Å². The number of nitriles is 1. The van der Waals surface area contributed by atoms with Gasteiger partial charge in [-0.05, 0) is 48.2 Å². The van der Waals surface area contributed by atoms with Gasteiger partial charge in [0.2, 0.25) is 0 Å². The van der Waals surface area contributed by atoms with Crippen molar-refractivity contribution in [2.75, 3.05) is 25.1 Å².